The molecule has 20 heavy (non-hydrogen) atoms. The molecule has 2 atom stereocenters. The summed E-state index contributed by atoms with van der Waals surface area (Å²) in [6, 6.07) is 0. The lowest BCUT2D eigenvalue weighted by atomic mass is 10.3. The summed E-state index contributed by atoms with van der Waals surface area (Å²) in [7, 11) is -3.35. The van der Waals surface area contributed by atoms with Gasteiger partial charge in [0.25, 0.3) is 10.2 Å². The predicted molar refractivity (Wildman–Crippen MR) is 83.2 cm³/mol. The van der Waals surface area contributed by atoms with Gasteiger partial charge in [-0.1, -0.05) is 12.8 Å². The number of hydrogen-bond acceptors (Lipinski definition) is 4. The Morgan fingerprint density at radius 3 is 2.40 bits per heavy atom. The molecule has 1 aliphatic carbocycles. The van der Waals surface area contributed by atoms with E-state index in [9.17, 15) is 8.42 Å². The molecule has 0 spiro atoms. The quantitative estimate of drug-likeness (QED) is 0.755. The van der Waals surface area contributed by atoms with E-state index in [1.54, 1.807) is 0 Å². The number of rotatable bonds is 6. The van der Waals surface area contributed by atoms with E-state index >= 15 is 0 Å². The maximum Gasteiger partial charge on any atom is 0.279 e. The molecule has 1 heterocycles. The van der Waals surface area contributed by atoms with E-state index in [1.165, 1.54) is 30.0 Å². The lowest BCUT2D eigenvalue weighted by Gasteiger charge is -2.34. The van der Waals surface area contributed by atoms with Crippen LogP contribution in [0.15, 0.2) is 0 Å². The highest BCUT2D eigenvalue weighted by Gasteiger charge is 2.30. The zero-order valence-corrected chi connectivity index (χ0v) is 14.0. The topological polar surface area (TPSA) is 58.6 Å². The van der Waals surface area contributed by atoms with Crippen LogP contribution in [0.25, 0.3) is 0 Å². The number of ether oxygens (including phenoxy) is 1. The third-order valence-corrected chi connectivity index (χ3v) is 6.70. The lowest BCUT2D eigenvalue weighted by molar-refractivity contribution is -0.0443. The first-order chi connectivity index (χ1) is 9.47. The molecule has 0 bridgehead atoms. The van der Waals surface area contributed by atoms with E-state index in [-0.39, 0.29) is 12.2 Å². The second-order valence-corrected chi connectivity index (χ2v) is 8.91. The van der Waals surface area contributed by atoms with Crippen molar-refractivity contribution in [2.24, 2.45) is 0 Å². The van der Waals surface area contributed by atoms with Gasteiger partial charge >= 0.3 is 0 Å². The van der Waals surface area contributed by atoms with Crippen molar-refractivity contribution in [2.45, 2.75) is 57.0 Å². The summed E-state index contributed by atoms with van der Waals surface area (Å²) in [6.45, 7) is 5.22. The van der Waals surface area contributed by atoms with Crippen molar-refractivity contribution >= 4 is 22.0 Å². The number of hydrogen-bond donors (Lipinski definition) is 1. The Bertz CT molecular complexity index is 386. The summed E-state index contributed by atoms with van der Waals surface area (Å²) in [4.78, 5) is 0. The number of morpholine rings is 1. The van der Waals surface area contributed by atoms with Gasteiger partial charge < -0.3 is 4.74 Å². The van der Waals surface area contributed by atoms with Gasteiger partial charge in [0.15, 0.2) is 0 Å². The second-order valence-electron chi connectivity index (χ2n) is 5.75. The first kappa shape index (κ1) is 16.5. The minimum atomic E-state index is -3.35. The maximum atomic E-state index is 12.2. The van der Waals surface area contributed by atoms with Gasteiger partial charge in [0.2, 0.25) is 0 Å². The molecule has 1 aliphatic heterocycles. The van der Waals surface area contributed by atoms with Gasteiger partial charge in [0, 0.05) is 30.6 Å². The van der Waals surface area contributed by atoms with Crippen LogP contribution >= 0.6 is 11.8 Å². The highest BCUT2D eigenvalue weighted by molar-refractivity contribution is 8.00. The van der Waals surface area contributed by atoms with Gasteiger partial charge in [0.05, 0.1) is 12.2 Å². The van der Waals surface area contributed by atoms with Gasteiger partial charge in [-0.25, -0.2) is 4.72 Å². The fraction of sp³-hybridized carbons (Fsp3) is 1.00. The monoisotopic (exact) mass is 322 g/mol. The third-order valence-electron chi connectivity index (χ3n) is 3.77. The largest absolute Gasteiger partial charge is 0.373 e. The Morgan fingerprint density at radius 2 is 1.80 bits per heavy atom. The Hall–Kier alpha value is 0.180. The molecular formula is C13H26N2O3S2. The highest BCUT2D eigenvalue weighted by atomic mass is 32.2. The van der Waals surface area contributed by atoms with Gasteiger partial charge in [-0.15, -0.1) is 0 Å². The van der Waals surface area contributed by atoms with Gasteiger partial charge in [-0.2, -0.15) is 24.5 Å². The minimum absolute atomic E-state index is 0.0387. The van der Waals surface area contributed by atoms with Gasteiger partial charge in [-0.3, -0.25) is 0 Å². The van der Waals surface area contributed by atoms with E-state index in [0.717, 1.165) is 11.0 Å². The summed E-state index contributed by atoms with van der Waals surface area (Å²) < 4.78 is 34.2. The van der Waals surface area contributed by atoms with Gasteiger partial charge in [-0.05, 0) is 26.7 Å². The van der Waals surface area contributed by atoms with Crippen molar-refractivity contribution in [3.05, 3.63) is 0 Å². The normalized spacial score (nSPS) is 29.9. The average molecular weight is 322 g/mol. The minimum Gasteiger partial charge on any atom is -0.373 e. The molecule has 2 rings (SSSR count). The summed E-state index contributed by atoms with van der Waals surface area (Å²) in [6.07, 6.45) is 5.15. The predicted octanol–water partition coefficient (Wildman–Crippen LogP) is 1.61. The molecule has 0 radical (unpaired) electrons. The highest BCUT2D eigenvalue weighted by Crippen LogP contribution is 2.28. The maximum absolute atomic E-state index is 12.2. The third kappa shape index (κ3) is 4.87. The van der Waals surface area contributed by atoms with Crippen LogP contribution in [0, 0.1) is 0 Å². The SMILES string of the molecule is CC1CN(S(=O)(=O)NCCSC2CCCC2)CC(C)O1. The molecule has 0 aromatic carbocycles. The van der Waals surface area contributed by atoms with Crippen LogP contribution in [0.2, 0.25) is 0 Å². The summed E-state index contributed by atoms with van der Waals surface area (Å²) in [5, 5.41) is 0.739. The molecule has 7 heteroatoms. The standard InChI is InChI=1S/C13H26N2O3S2/c1-11-9-15(10-12(2)18-11)20(16,17)14-7-8-19-13-5-3-4-6-13/h11-14H,3-10H2,1-2H3. The lowest BCUT2D eigenvalue weighted by Crippen LogP contribution is -2.52. The number of nitrogens with one attached hydrogen (secondary N) is 1. The van der Waals surface area contributed by atoms with Crippen LogP contribution in [0.5, 0.6) is 0 Å². The molecule has 2 aliphatic rings. The first-order valence-corrected chi connectivity index (χ1v) is 9.98. The fourth-order valence-electron chi connectivity index (χ4n) is 2.87. The van der Waals surface area contributed by atoms with Crippen molar-refractivity contribution in [3.8, 4) is 0 Å². The van der Waals surface area contributed by atoms with Crippen LogP contribution in [0.3, 0.4) is 0 Å². The molecule has 2 fully saturated rings. The number of nitrogens with zero attached hydrogens (tertiary/aromatic N) is 1. The van der Waals surface area contributed by atoms with Crippen LogP contribution < -0.4 is 4.72 Å². The zero-order valence-electron chi connectivity index (χ0n) is 12.4. The molecule has 118 valence electrons. The zero-order chi connectivity index (χ0) is 14.6. The van der Waals surface area contributed by atoms with Crippen LogP contribution in [-0.2, 0) is 14.9 Å². The van der Waals surface area contributed by atoms with Gasteiger partial charge in [0.1, 0.15) is 0 Å². The summed E-state index contributed by atoms with van der Waals surface area (Å²) in [5.74, 6) is 0.860. The van der Waals surface area contributed by atoms with E-state index in [1.807, 2.05) is 25.6 Å². The molecule has 0 aromatic rings. The molecule has 2 unspecified atom stereocenters. The van der Waals surface area contributed by atoms with E-state index in [2.05, 4.69) is 4.72 Å². The first-order valence-electron chi connectivity index (χ1n) is 7.49. The van der Waals surface area contributed by atoms with Crippen LogP contribution in [0.1, 0.15) is 39.5 Å². The smallest absolute Gasteiger partial charge is 0.279 e. The number of thioether (sulfide) groups is 1. The van der Waals surface area contributed by atoms with E-state index in [0.29, 0.717) is 19.6 Å². The average Bonchev–Trinajstić information content (AvgIpc) is 2.86. The fourth-order valence-corrected chi connectivity index (χ4v) is 5.57. The summed E-state index contributed by atoms with van der Waals surface area (Å²) >= 11 is 1.90. The van der Waals surface area contributed by atoms with Crippen molar-refractivity contribution in [2.75, 3.05) is 25.4 Å². The Balaban J connectivity index is 1.72. The Labute approximate surface area is 127 Å². The van der Waals surface area contributed by atoms with E-state index < -0.39 is 10.2 Å². The van der Waals surface area contributed by atoms with Crippen LogP contribution in [0.4, 0.5) is 0 Å². The molecule has 0 aromatic heterocycles. The molecule has 1 saturated carbocycles. The Kier molecular flexibility index (Phi) is 6.16. The molecule has 0 amide bonds. The van der Waals surface area contributed by atoms with Crippen LogP contribution in [-0.4, -0.2) is 55.6 Å². The summed E-state index contributed by atoms with van der Waals surface area (Å²) in [5.41, 5.74) is 0. The van der Waals surface area contributed by atoms with Crippen molar-refractivity contribution in [1.29, 1.82) is 0 Å². The van der Waals surface area contributed by atoms with Crippen molar-refractivity contribution < 1.29 is 13.2 Å². The van der Waals surface area contributed by atoms with Crippen molar-refractivity contribution in [3.63, 3.8) is 0 Å². The molecule has 5 nitrogen and oxygen atoms in total. The van der Waals surface area contributed by atoms with Crippen molar-refractivity contribution in [1.82, 2.24) is 9.03 Å². The molecule has 1 N–H and O–H groups in total. The Morgan fingerprint density at radius 1 is 1.20 bits per heavy atom. The second kappa shape index (κ2) is 7.45. The molecule has 1 saturated heterocycles. The van der Waals surface area contributed by atoms with E-state index in [4.69, 9.17) is 4.74 Å². The molecular weight excluding hydrogens is 296 g/mol.